The van der Waals surface area contributed by atoms with Crippen molar-refractivity contribution in [3.05, 3.63) is 36.5 Å². The van der Waals surface area contributed by atoms with Crippen molar-refractivity contribution >= 4 is 10.8 Å². The lowest BCUT2D eigenvalue weighted by molar-refractivity contribution is 0.504. The number of ether oxygens (including phenoxy) is 1. The second-order valence-corrected chi connectivity index (χ2v) is 2.79. The zero-order valence-corrected chi connectivity index (χ0v) is 7.82. The SMILES string of the molecule is CC#COc1nccc2ccccc12. The van der Waals surface area contributed by atoms with Gasteiger partial charge in [-0.2, -0.15) is 0 Å². The Balaban J connectivity index is 2.57. The van der Waals surface area contributed by atoms with E-state index >= 15 is 0 Å². The average Bonchev–Trinajstić information content (AvgIpc) is 2.26. The Morgan fingerprint density at radius 2 is 2.07 bits per heavy atom. The molecule has 2 rings (SSSR count). The van der Waals surface area contributed by atoms with E-state index in [-0.39, 0.29) is 0 Å². The number of nitrogens with zero attached hydrogens (tertiary/aromatic N) is 1. The van der Waals surface area contributed by atoms with Gasteiger partial charge in [-0.3, -0.25) is 0 Å². The Morgan fingerprint density at radius 1 is 1.21 bits per heavy atom. The van der Waals surface area contributed by atoms with Crippen molar-refractivity contribution in [2.45, 2.75) is 6.92 Å². The van der Waals surface area contributed by atoms with Crippen LogP contribution in [0, 0.1) is 12.0 Å². The predicted octanol–water partition coefficient (Wildman–Crippen LogP) is 2.59. The van der Waals surface area contributed by atoms with Crippen LogP contribution >= 0.6 is 0 Å². The molecule has 0 unspecified atom stereocenters. The van der Waals surface area contributed by atoms with Gasteiger partial charge in [0.1, 0.15) is 6.11 Å². The lowest BCUT2D eigenvalue weighted by atomic mass is 10.2. The first-order chi connectivity index (χ1) is 6.92. The first kappa shape index (κ1) is 8.58. The number of aromatic nitrogens is 1. The molecule has 14 heavy (non-hydrogen) atoms. The first-order valence-electron chi connectivity index (χ1n) is 4.34. The zero-order chi connectivity index (χ0) is 9.80. The second-order valence-electron chi connectivity index (χ2n) is 2.79. The van der Waals surface area contributed by atoms with Gasteiger partial charge in [0.2, 0.25) is 5.88 Å². The maximum atomic E-state index is 5.20. The van der Waals surface area contributed by atoms with Crippen LogP contribution in [0.4, 0.5) is 0 Å². The van der Waals surface area contributed by atoms with E-state index in [1.165, 1.54) is 0 Å². The van der Waals surface area contributed by atoms with Crippen LogP contribution in [0.25, 0.3) is 10.8 Å². The predicted molar refractivity (Wildman–Crippen MR) is 55.8 cm³/mol. The number of rotatable bonds is 1. The van der Waals surface area contributed by atoms with E-state index in [4.69, 9.17) is 4.74 Å². The highest BCUT2D eigenvalue weighted by Crippen LogP contribution is 2.21. The van der Waals surface area contributed by atoms with Crippen LogP contribution in [0.5, 0.6) is 5.88 Å². The molecule has 0 aliphatic carbocycles. The van der Waals surface area contributed by atoms with E-state index in [2.05, 4.69) is 17.0 Å². The summed E-state index contributed by atoms with van der Waals surface area (Å²) in [6.45, 7) is 1.73. The van der Waals surface area contributed by atoms with Crippen molar-refractivity contribution in [1.82, 2.24) is 4.98 Å². The molecule has 0 atom stereocenters. The summed E-state index contributed by atoms with van der Waals surface area (Å²) in [5.74, 6) is 3.24. The minimum absolute atomic E-state index is 0.567. The molecule has 0 N–H and O–H groups in total. The molecule has 2 aromatic rings. The van der Waals surface area contributed by atoms with Crippen LogP contribution in [0.15, 0.2) is 36.5 Å². The molecule has 0 aliphatic rings. The number of hydrogen-bond donors (Lipinski definition) is 0. The van der Waals surface area contributed by atoms with E-state index in [0.717, 1.165) is 10.8 Å². The van der Waals surface area contributed by atoms with E-state index in [9.17, 15) is 0 Å². The minimum Gasteiger partial charge on any atom is -0.387 e. The van der Waals surface area contributed by atoms with Gasteiger partial charge in [0.25, 0.3) is 0 Å². The molecule has 0 bridgehead atoms. The van der Waals surface area contributed by atoms with E-state index < -0.39 is 0 Å². The van der Waals surface area contributed by atoms with Crippen LogP contribution in [0.2, 0.25) is 0 Å². The van der Waals surface area contributed by atoms with Crippen molar-refractivity contribution in [1.29, 1.82) is 0 Å². The molecule has 0 saturated heterocycles. The Morgan fingerprint density at radius 3 is 2.93 bits per heavy atom. The molecule has 1 aromatic heterocycles. The highest BCUT2D eigenvalue weighted by atomic mass is 16.5. The van der Waals surface area contributed by atoms with Gasteiger partial charge in [0.05, 0.1) is 0 Å². The molecule has 0 spiro atoms. The van der Waals surface area contributed by atoms with Gasteiger partial charge >= 0.3 is 0 Å². The summed E-state index contributed by atoms with van der Waals surface area (Å²) in [5, 5.41) is 2.09. The van der Waals surface area contributed by atoms with Crippen LogP contribution in [0.1, 0.15) is 6.92 Å². The summed E-state index contributed by atoms with van der Waals surface area (Å²) in [6, 6.07) is 9.87. The second kappa shape index (κ2) is 3.80. The summed E-state index contributed by atoms with van der Waals surface area (Å²) in [4.78, 5) is 4.12. The van der Waals surface area contributed by atoms with Crippen LogP contribution in [-0.4, -0.2) is 4.98 Å². The fourth-order valence-corrected chi connectivity index (χ4v) is 1.27. The smallest absolute Gasteiger partial charge is 0.238 e. The number of hydrogen-bond acceptors (Lipinski definition) is 2. The molecule has 0 aliphatic heterocycles. The zero-order valence-electron chi connectivity index (χ0n) is 7.82. The lowest BCUT2D eigenvalue weighted by Gasteiger charge is -2.00. The van der Waals surface area contributed by atoms with Crippen LogP contribution in [-0.2, 0) is 0 Å². The van der Waals surface area contributed by atoms with Gasteiger partial charge in [0.15, 0.2) is 0 Å². The quantitative estimate of drug-likeness (QED) is 0.634. The molecular formula is C12H9NO. The molecule has 0 fully saturated rings. The topological polar surface area (TPSA) is 22.1 Å². The van der Waals surface area contributed by atoms with E-state index in [1.807, 2.05) is 30.3 Å². The van der Waals surface area contributed by atoms with Crippen molar-refractivity contribution in [2.24, 2.45) is 0 Å². The standard InChI is InChI=1S/C12H9NO/c1-2-9-14-12-11-6-4-3-5-10(11)7-8-13-12/h3-8H,1H3. The molecule has 2 nitrogen and oxygen atoms in total. The van der Waals surface area contributed by atoms with Gasteiger partial charge in [-0.25, -0.2) is 4.98 Å². The maximum absolute atomic E-state index is 5.20. The summed E-state index contributed by atoms with van der Waals surface area (Å²) < 4.78 is 5.20. The molecule has 0 amide bonds. The number of fused-ring (bicyclic) bond motifs is 1. The molecule has 1 heterocycles. The van der Waals surface area contributed by atoms with Crippen molar-refractivity contribution in [2.75, 3.05) is 0 Å². The summed E-state index contributed by atoms with van der Waals surface area (Å²) in [6.07, 6.45) is 4.26. The van der Waals surface area contributed by atoms with Gasteiger partial charge in [-0.05, 0) is 17.5 Å². The number of pyridine rings is 1. The van der Waals surface area contributed by atoms with Crippen molar-refractivity contribution < 1.29 is 4.74 Å². The van der Waals surface area contributed by atoms with Gasteiger partial charge in [-0.15, -0.1) is 0 Å². The van der Waals surface area contributed by atoms with Crippen molar-refractivity contribution in [3.8, 4) is 17.9 Å². The molecule has 0 saturated carbocycles. The van der Waals surface area contributed by atoms with E-state index in [0.29, 0.717) is 5.88 Å². The van der Waals surface area contributed by atoms with E-state index in [1.54, 1.807) is 13.1 Å². The Hall–Kier alpha value is -2.01. The number of benzene rings is 1. The fourth-order valence-electron chi connectivity index (χ4n) is 1.27. The Labute approximate surface area is 82.5 Å². The molecular weight excluding hydrogens is 174 g/mol. The van der Waals surface area contributed by atoms with Gasteiger partial charge < -0.3 is 4.74 Å². The normalized spacial score (nSPS) is 9.21. The summed E-state index contributed by atoms with van der Waals surface area (Å²) in [5.41, 5.74) is 0. The Bertz CT molecular complexity index is 503. The third-order valence-corrected chi connectivity index (χ3v) is 1.89. The minimum atomic E-state index is 0.567. The lowest BCUT2D eigenvalue weighted by Crippen LogP contribution is -1.87. The van der Waals surface area contributed by atoms with Gasteiger partial charge in [-0.1, -0.05) is 24.1 Å². The molecule has 2 heteroatoms. The summed E-state index contributed by atoms with van der Waals surface area (Å²) in [7, 11) is 0. The maximum Gasteiger partial charge on any atom is 0.238 e. The highest BCUT2D eigenvalue weighted by Gasteiger charge is 2.00. The fraction of sp³-hybridized carbons (Fsp3) is 0.0833. The third-order valence-electron chi connectivity index (χ3n) is 1.89. The van der Waals surface area contributed by atoms with Gasteiger partial charge in [0, 0.05) is 18.5 Å². The van der Waals surface area contributed by atoms with Crippen molar-refractivity contribution in [3.63, 3.8) is 0 Å². The summed E-state index contributed by atoms with van der Waals surface area (Å²) >= 11 is 0. The monoisotopic (exact) mass is 183 g/mol. The van der Waals surface area contributed by atoms with Crippen LogP contribution < -0.4 is 4.74 Å². The molecule has 68 valence electrons. The largest absolute Gasteiger partial charge is 0.387 e. The average molecular weight is 183 g/mol. The Kier molecular flexibility index (Phi) is 2.33. The first-order valence-corrected chi connectivity index (χ1v) is 4.34. The van der Waals surface area contributed by atoms with Crippen LogP contribution in [0.3, 0.4) is 0 Å². The molecule has 0 radical (unpaired) electrons. The third kappa shape index (κ3) is 1.53. The highest BCUT2D eigenvalue weighted by molar-refractivity contribution is 5.86. The molecule has 1 aromatic carbocycles.